The molecule has 4 nitrogen and oxygen atoms in total. The van der Waals surface area contributed by atoms with Gasteiger partial charge in [-0.3, -0.25) is 4.79 Å². The molecule has 1 aromatic heterocycles. The minimum atomic E-state index is 0.122. The van der Waals surface area contributed by atoms with Crippen molar-refractivity contribution in [2.45, 2.75) is 26.3 Å². The van der Waals surface area contributed by atoms with Crippen LogP contribution in [0.2, 0.25) is 0 Å². The van der Waals surface area contributed by atoms with E-state index < -0.39 is 0 Å². The third-order valence-electron chi connectivity index (χ3n) is 3.40. The standard InChI is InChI=1S/C16H23N3O/c1-3-9-18-16(20)8-10-17-11-13-12-19(2)15-7-5-4-6-14(13)15/h4-7,12,17H,3,8-11H2,1-2H3,(H,18,20). The molecule has 0 saturated carbocycles. The summed E-state index contributed by atoms with van der Waals surface area (Å²) in [6.07, 6.45) is 3.66. The average Bonchev–Trinajstić information content (AvgIpc) is 2.79. The molecule has 0 aliphatic carbocycles. The normalized spacial score (nSPS) is 10.9. The molecule has 20 heavy (non-hydrogen) atoms. The number of amides is 1. The van der Waals surface area contributed by atoms with Crippen LogP contribution < -0.4 is 10.6 Å². The van der Waals surface area contributed by atoms with Crippen LogP contribution in [0.4, 0.5) is 0 Å². The Morgan fingerprint density at radius 2 is 2.05 bits per heavy atom. The van der Waals surface area contributed by atoms with E-state index in [-0.39, 0.29) is 5.91 Å². The zero-order chi connectivity index (χ0) is 14.4. The number of nitrogens with one attached hydrogen (secondary N) is 2. The molecule has 0 unspecified atom stereocenters. The van der Waals surface area contributed by atoms with Crippen LogP contribution in [-0.2, 0) is 18.4 Å². The number of para-hydroxylation sites is 1. The van der Waals surface area contributed by atoms with Gasteiger partial charge >= 0.3 is 0 Å². The van der Waals surface area contributed by atoms with Crippen LogP contribution in [0.1, 0.15) is 25.3 Å². The van der Waals surface area contributed by atoms with Gasteiger partial charge in [0.1, 0.15) is 0 Å². The minimum Gasteiger partial charge on any atom is -0.356 e. The molecule has 4 heteroatoms. The Hall–Kier alpha value is -1.81. The lowest BCUT2D eigenvalue weighted by molar-refractivity contribution is -0.120. The van der Waals surface area contributed by atoms with Crippen LogP contribution in [0.15, 0.2) is 30.5 Å². The highest BCUT2D eigenvalue weighted by Crippen LogP contribution is 2.19. The van der Waals surface area contributed by atoms with Gasteiger partial charge in [0.2, 0.25) is 5.91 Å². The van der Waals surface area contributed by atoms with E-state index in [1.807, 2.05) is 0 Å². The van der Waals surface area contributed by atoms with Gasteiger partial charge in [0, 0.05) is 50.2 Å². The van der Waals surface area contributed by atoms with Crippen molar-refractivity contribution < 1.29 is 4.79 Å². The molecule has 0 aliphatic rings. The monoisotopic (exact) mass is 273 g/mol. The number of hydrogen-bond acceptors (Lipinski definition) is 2. The van der Waals surface area contributed by atoms with E-state index in [2.05, 4.69) is 59.6 Å². The maximum absolute atomic E-state index is 11.5. The zero-order valence-electron chi connectivity index (χ0n) is 12.3. The molecule has 2 N–H and O–H groups in total. The Labute approximate surface area is 120 Å². The predicted octanol–water partition coefficient (Wildman–Crippen LogP) is 2.18. The first-order valence-electron chi connectivity index (χ1n) is 7.22. The van der Waals surface area contributed by atoms with Crippen molar-refractivity contribution in [3.05, 3.63) is 36.0 Å². The molecular formula is C16H23N3O. The van der Waals surface area contributed by atoms with E-state index in [1.54, 1.807) is 0 Å². The van der Waals surface area contributed by atoms with Crippen molar-refractivity contribution in [2.75, 3.05) is 13.1 Å². The second-order valence-electron chi connectivity index (χ2n) is 5.06. The summed E-state index contributed by atoms with van der Waals surface area (Å²) in [6, 6.07) is 8.37. The Balaban J connectivity index is 1.83. The molecule has 0 radical (unpaired) electrons. The highest BCUT2D eigenvalue weighted by Gasteiger charge is 2.05. The third kappa shape index (κ3) is 3.61. The van der Waals surface area contributed by atoms with E-state index >= 15 is 0 Å². The summed E-state index contributed by atoms with van der Waals surface area (Å²) in [5, 5.41) is 7.50. The molecule has 0 atom stereocenters. The average molecular weight is 273 g/mol. The Morgan fingerprint density at radius 3 is 2.85 bits per heavy atom. The first kappa shape index (κ1) is 14.6. The number of hydrogen-bond donors (Lipinski definition) is 2. The van der Waals surface area contributed by atoms with Gasteiger partial charge in [-0.25, -0.2) is 0 Å². The SMILES string of the molecule is CCCNC(=O)CCNCc1cn(C)c2ccccc12. The van der Waals surface area contributed by atoms with Crippen molar-refractivity contribution in [1.82, 2.24) is 15.2 Å². The van der Waals surface area contributed by atoms with Crippen molar-refractivity contribution in [2.24, 2.45) is 7.05 Å². The molecule has 1 amide bonds. The second kappa shape index (κ2) is 7.10. The van der Waals surface area contributed by atoms with E-state index in [0.29, 0.717) is 13.0 Å². The van der Waals surface area contributed by atoms with Gasteiger partial charge in [-0.15, -0.1) is 0 Å². The number of aromatic nitrogens is 1. The van der Waals surface area contributed by atoms with Gasteiger partial charge in [0.25, 0.3) is 0 Å². The highest BCUT2D eigenvalue weighted by molar-refractivity contribution is 5.83. The van der Waals surface area contributed by atoms with E-state index in [0.717, 1.165) is 19.5 Å². The largest absolute Gasteiger partial charge is 0.356 e. The fourth-order valence-corrected chi connectivity index (χ4v) is 2.34. The minimum absolute atomic E-state index is 0.122. The molecule has 108 valence electrons. The number of carbonyl (C=O) groups excluding carboxylic acids is 1. The lowest BCUT2D eigenvalue weighted by Gasteiger charge is -2.05. The number of aryl methyl sites for hydroxylation is 1. The number of rotatable bonds is 7. The van der Waals surface area contributed by atoms with Gasteiger partial charge in [-0.2, -0.15) is 0 Å². The topological polar surface area (TPSA) is 46.1 Å². The van der Waals surface area contributed by atoms with Gasteiger partial charge in [-0.1, -0.05) is 25.1 Å². The molecule has 2 aromatic rings. The number of benzene rings is 1. The van der Waals surface area contributed by atoms with Gasteiger partial charge in [-0.05, 0) is 18.1 Å². The summed E-state index contributed by atoms with van der Waals surface area (Å²) in [4.78, 5) is 11.5. The van der Waals surface area contributed by atoms with E-state index in [9.17, 15) is 4.79 Å². The zero-order valence-corrected chi connectivity index (χ0v) is 12.3. The quantitative estimate of drug-likeness (QED) is 0.760. The molecule has 2 rings (SSSR count). The van der Waals surface area contributed by atoms with Crippen LogP contribution in [0.25, 0.3) is 10.9 Å². The first-order valence-corrected chi connectivity index (χ1v) is 7.22. The molecular weight excluding hydrogens is 250 g/mol. The molecule has 1 heterocycles. The lowest BCUT2D eigenvalue weighted by atomic mass is 10.2. The van der Waals surface area contributed by atoms with Gasteiger partial charge in [0.15, 0.2) is 0 Å². The smallest absolute Gasteiger partial charge is 0.221 e. The molecule has 0 aliphatic heterocycles. The summed E-state index contributed by atoms with van der Waals surface area (Å²) in [5.41, 5.74) is 2.52. The predicted molar refractivity (Wildman–Crippen MR) is 82.5 cm³/mol. The summed E-state index contributed by atoms with van der Waals surface area (Å²) in [5.74, 6) is 0.122. The van der Waals surface area contributed by atoms with Crippen LogP contribution in [0, 0.1) is 0 Å². The fraction of sp³-hybridized carbons (Fsp3) is 0.438. The summed E-state index contributed by atoms with van der Waals surface area (Å²) in [6.45, 7) is 4.32. The van der Waals surface area contributed by atoms with Crippen molar-refractivity contribution in [3.8, 4) is 0 Å². The second-order valence-corrected chi connectivity index (χ2v) is 5.06. The van der Waals surface area contributed by atoms with E-state index in [1.165, 1.54) is 16.5 Å². The molecule has 1 aromatic carbocycles. The number of nitrogens with zero attached hydrogens (tertiary/aromatic N) is 1. The first-order chi connectivity index (χ1) is 9.72. The van der Waals surface area contributed by atoms with Crippen molar-refractivity contribution in [1.29, 1.82) is 0 Å². The Bertz CT molecular complexity index is 574. The number of carbonyl (C=O) groups is 1. The maximum atomic E-state index is 11.5. The maximum Gasteiger partial charge on any atom is 0.221 e. The van der Waals surface area contributed by atoms with Crippen molar-refractivity contribution in [3.63, 3.8) is 0 Å². The third-order valence-corrected chi connectivity index (χ3v) is 3.40. The molecule has 0 fully saturated rings. The lowest BCUT2D eigenvalue weighted by Crippen LogP contribution is -2.27. The van der Waals surface area contributed by atoms with Crippen LogP contribution >= 0.6 is 0 Å². The van der Waals surface area contributed by atoms with Crippen molar-refractivity contribution >= 4 is 16.8 Å². The Morgan fingerprint density at radius 1 is 1.25 bits per heavy atom. The van der Waals surface area contributed by atoms with E-state index in [4.69, 9.17) is 0 Å². The molecule has 0 bridgehead atoms. The summed E-state index contributed by atoms with van der Waals surface area (Å²) >= 11 is 0. The van der Waals surface area contributed by atoms with Gasteiger partial charge < -0.3 is 15.2 Å². The van der Waals surface area contributed by atoms with Crippen LogP contribution in [0.3, 0.4) is 0 Å². The Kier molecular flexibility index (Phi) is 5.18. The van der Waals surface area contributed by atoms with Gasteiger partial charge in [0.05, 0.1) is 0 Å². The number of fused-ring (bicyclic) bond motifs is 1. The summed E-state index contributed by atoms with van der Waals surface area (Å²) < 4.78 is 2.14. The molecule has 0 saturated heterocycles. The van der Waals surface area contributed by atoms with Crippen LogP contribution in [-0.4, -0.2) is 23.6 Å². The fourth-order valence-electron chi connectivity index (χ4n) is 2.34. The highest BCUT2D eigenvalue weighted by atomic mass is 16.1. The molecule has 0 spiro atoms. The summed E-state index contributed by atoms with van der Waals surface area (Å²) in [7, 11) is 2.06. The van der Waals surface area contributed by atoms with Crippen LogP contribution in [0.5, 0.6) is 0 Å².